The number of imidazole rings is 1. The van der Waals surface area contributed by atoms with Gasteiger partial charge in [-0.05, 0) is 131 Å². The molecule has 274 valence electrons. The quantitative estimate of drug-likeness (QED) is 0.192. The van der Waals surface area contributed by atoms with E-state index in [4.69, 9.17) is 35.5 Å². The van der Waals surface area contributed by atoms with E-state index in [9.17, 15) is 4.79 Å². The number of aromatic nitrogens is 2. The first-order valence-corrected chi connectivity index (χ1v) is 18.9. The summed E-state index contributed by atoms with van der Waals surface area (Å²) in [4.78, 5) is 21.0. The lowest BCUT2D eigenvalue weighted by molar-refractivity contribution is -0.164. The van der Waals surface area contributed by atoms with Crippen LogP contribution in [0.3, 0.4) is 0 Å². The number of ether oxygens (including phenoxy) is 4. The van der Waals surface area contributed by atoms with Crippen molar-refractivity contribution in [3.63, 3.8) is 0 Å². The molecule has 7 rings (SSSR count). The van der Waals surface area contributed by atoms with Crippen molar-refractivity contribution in [3.8, 4) is 28.1 Å². The Morgan fingerprint density at radius 3 is 2.53 bits per heavy atom. The van der Waals surface area contributed by atoms with E-state index in [1.54, 1.807) is 19.1 Å². The largest absolute Gasteiger partial charge is 0.490 e. The number of benzene rings is 2. The summed E-state index contributed by atoms with van der Waals surface area (Å²) in [6.45, 7) is 15.7. The van der Waals surface area contributed by atoms with Crippen molar-refractivity contribution in [2.75, 3.05) is 31.7 Å². The Balaban J connectivity index is 1.61. The van der Waals surface area contributed by atoms with Crippen molar-refractivity contribution < 1.29 is 28.1 Å². The average Bonchev–Trinajstić information content (AvgIpc) is 3.43. The van der Waals surface area contributed by atoms with Gasteiger partial charge in [0.15, 0.2) is 11.8 Å². The number of carbonyl (C=O) groups excluding carboxylic acids is 1. The van der Waals surface area contributed by atoms with Gasteiger partial charge in [0, 0.05) is 36.4 Å². The highest BCUT2D eigenvalue weighted by molar-refractivity contribution is 9.10. The van der Waals surface area contributed by atoms with Crippen LogP contribution in [0.4, 0.5) is 10.2 Å². The van der Waals surface area contributed by atoms with Gasteiger partial charge in [0.2, 0.25) is 0 Å². The number of anilines is 1. The molecule has 5 heterocycles. The maximum Gasteiger partial charge on any atom is 0.339 e. The van der Waals surface area contributed by atoms with Gasteiger partial charge in [-0.25, -0.2) is 14.2 Å². The standard InChI is InChI=1S/C40H48BrClFN3O5/c1-23-20-30-28(22-29(23)43)26-13-11-14-27(21-26)33-35(42)46-36(44-33)32(41)25(3)31(34(38(47)48-8)51-39(4,5)6)37(46)45-17-15-40(7,16-18-45)49-19-10-9-12-24(2)50-30/h11,13-14,20-22,24,34H,9-10,12,15-19H2,1-8H3/t24-,34-/m0/s1. The number of halogens is 3. The Morgan fingerprint density at radius 2 is 1.84 bits per heavy atom. The van der Waals surface area contributed by atoms with E-state index in [1.165, 1.54) is 7.11 Å². The molecule has 6 bridgehead atoms. The van der Waals surface area contributed by atoms with Crippen LogP contribution < -0.4 is 9.64 Å². The number of rotatable bonds is 3. The Morgan fingerprint density at radius 1 is 1.14 bits per heavy atom. The molecule has 51 heavy (non-hydrogen) atoms. The van der Waals surface area contributed by atoms with Crippen LogP contribution in [0.2, 0.25) is 5.15 Å². The fourth-order valence-corrected chi connectivity index (χ4v) is 7.88. The molecule has 0 aliphatic carbocycles. The summed E-state index contributed by atoms with van der Waals surface area (Å²) in [7, 11) is 1.37. The van der Waals surface area contributed by atoms with Crippen molar-refractivity contribution in [2.24, 2.45) is 0 Å². The molecule has 0 spiro atoms. The van der Waals surface area contributed by atoms with Gasteiger partial charge in [-0.1, -0.05) is 29.8 Å². The number of nitrogens with zero attached hydrogens (tertiary/aromatic N) is 3. The highest BCUT2D eigenvalue weighted by Crippen LogP contribution is 2.45. The highest BCUT2D eigenvalue weighted by atomic mass is 79.9. The normalized spacial score (nSPS) is 20.6. The molecule has 8 nitrogen and oxygen atoms in total. The first kappa shape index (κ1) is 37.6. The number of piperidine rings is 1. The van der Waals surface area contributed by atoms with E-state index < -0.39 is 17.7 Å². The number of hydrogen-bond donors (Lipinski definition) is 0. The van der Waals surface area contributed by atoms with Gasteiger partial charge in [0.05, 0.1) is 28.9 Å². The molecule has 0 radical (unpaired) electrons. The number of aryl methyl sites for hydroxylation is 1. The van der Waals surface area contributed by atoms with Crippen LogP contribution in [0.25, 0.3) is 28.0 Å². The van der Waals surface area contributed by atoms with E-state index in [0.717, 1.165) is 54.6 Å². The smallest absolute Gasteiger partial charge is 0.339 e. The molecular weight excluding hydrogens is 737 g/mol. The topological polar surface area (TPSA) is 74.5 Å². The van der Waals surface area contributed by atoms with Crippen LogP contribution >= 0.6 is 27.5 Å². The third-order valence-corrected chi connectivity index (χ3v) is 11.3. The fourth-order valence-electron chi connectivity index (χ4n) is 7.09. The molecule has 3 aliphatic heterocycles. The minimum atomic E-state index is -1.04. The van der Waals surface area contributed by atoms with Crippen molar-refractivity contribution in [2.45, 2.75) is 104 Å². The Kier molecular flexibility index (Phi) is 10.8. The molecule has 0 unspecified atom stereocenters. The monoisotopic (exact) mass is 783 g/mol. The zero-order valence-electron chi connectivity index (χ0n) is 30.8. The van der Waals surface area contributed by atoms with Crippen LogP contribution in [0, 0.1) is 19.7 Å². The van der Waals surface area contributed by atoms with E-state index in [2.05, 4.69) is 34.7 Å². The van der Waals surface area contributed by atoms with Gasteiger partial charge in [0.1, 0.15) is 28.2 Å². The number of esters is 1. The van der Waals surface area contributed by atoms with E-state index >= 15 is 4.39 Å². The summed E-state index contributed by atoms with van der Waals surface area (Å²) in [5.41, 5.74) is 4.34. The van der Waals surface area contributed by atoms with Gasteiger partial charge in [-0.2, -0.15) is 0 Å². The van der Waals surface area contributed by atoms with Crippen LogP contribution in [-0.4, -0.2) is 59.5 Å². The van der Waals surface area contributed by atoms with E-state index in [0.29, 0.717) is 63.1 Å². The summed E-state index contributed by atoms with van der Waals surface area (Å²) < 4.78 is 42.6. The Hall–Kier alpha value is -3.18. The van der Waals surface area contributed by atoms with Crippen LogP contribution in [0.5, 0.6) is 5.75 Å². The predicted molar refractivity (Wildman–Crippen MR) is 204 cm³/mol. The summed E-state index contributed by atoms with van der Waals surface area (Å²) >= 11 is 11.3. The van der Waals surface area contributed by atoms with E-state index in [-0.39, 0.29) is 17.5 Å². The first-order chi connectivity index (χ1) is 24.1. The van der Waals surface area contributed by atoms with Gasteiger partial charge < -0.3 is 23.8 Å². The summed E-state index contributed by atoms with van der Waals surface area (Å²) in [5.74, 6) is 0.543. The maximum atomic E-state index is 15.1. The van der Waals surface area contributed by atoms with Crippen molar-refractivity contribution in [1.29, 1.82) is 0 Å². The number of pyridine rings is 1. The van der Waals surface area contributed by atoms with Gasteiger partial charge in [-0.15, -0.1) is 0 Å². The molecule has 2 atom stereocenters. The van der Waals surface area contributed by atoms with Crippen LogP contribution in [0.1, 0.15) is 89.5 Å². The third-order valence-electron chi connectivity index (χ3n) is 9.96. The zero-order valence-corrected chi connectivity index (χ0v) is 33.1. The fraction of sp³-hybridized carbons (Fsp3) is 0.500. The summed E-state index contributed by atoms with van der Waals surface area (Å²) in [6, 6.07) is 11.1. The number of methoxy groups -OCH3 is 1. The van der Waals surface area contributed by atoms with Gasteiger partial charge >= 0.3 is 5.97 Å². The minimum absolute atomic E-state index is 0.0709. The van der Waals surface area contributed by atoms with Gasteiger partial charge in [0.25, 0.3) is 0 Å². The Labute approximate surface area is 313 Å². The molecule has 0 amide bonds. The molecule has 2 aromatic carbocycles. The zero-order chi connectivity index (χ0) is 36.8. The number of fused-ring (bicyclic) bond motifs is 8. The molecule has 1 saturated heterocycles. The summed E-state index contributed by atoms with van der Waals surface area (Å²) in [5, 5.41) is 0.373. The average molecular weight is 785 g/mol. The summed E-state index contributed by atoms with van der Waals surface area (Å²) in [6.07, 6.45) is 3.13. The molecule has 1 fully saturated rings. The highest BCUT2D eigenvalue weighted by Gasteiger charge is 2.39. The van der Waals surface area contributed by atoms with Crippen LogP contribution in [-0.2, 0) is 19.0 Å². The van der Waals surface area contributed by atoms with Crippen LogP contribution in [0.15, 0.2) is 40.9 Å². The van der Waals surface area contributed by atoms with E-state index in [1.807, 2.05) is 56.4 Å². The lowest BCUT2D eigenvalue weighted by Crippen LogP contribution is -2.45. The first-order valence-electron chi connectivity index (χ1n) is 17.7. The minimum Gasteiger partial charge on any atom is -0.490 e. The second kappa shape index (κ2) is 14.7. The van der Waals surface area contributed by atoms with Gasteiger partial charge in [-0.3, -0.25) is 4.40 Å². The molecule has 11 heteroatoms. The molecule has 0 N–H and O–H groups in total. The molecule has 4 aromatic rings. The second-order valence-electron chi connectivity index (χ2n) is 15.1. The lowest BCUT2D eigenvalue weighted by Gasteiger charge is -2.42. The molecule has 3 aliphatic rings. The third kappa shape index (κ3) is 7.66. The predicted octanol–water partition coefficient (Wildman–Crippen LogP) is 10.2. The maximum absolute atomic E-state index is 15.1. The molecular formula is C40H48BrClFN3O5. The van der Waals surface area contributed by atoms with Crippen molar-refractivity contribution in [3.05, 3.63) is 68.5 Å². The van der Waals surface area contributed by atoms with Crippen molar-refractivity contribution in [1.82, 2.24) is 9.38 Å². The number of carbonyl (C=O) groups is 1. The Bertz CT molecular complexity index is 1950. The van der Waals surface area contributed by atoms with Crippen molar-refractivity contribution >= 4 is 45.0 Å². The SMILES string of the molecule is COC(=O)[C@@H](OC(C)(C)C)c1c(C)c(Br)c2nc3c(Cl)n2c1N1CCC(C)(CC1)OCCCC[C@H](C)Oc1cc(C)c(F)cc1-c1cccc-3c1. The number of hydrogen-bond acceptors (Lipinski definition) is 7. The second-order valence-corrected chi connectivity index (χ2v) is 16.3. The lowest BCUT2D eigenvalue weighted by atomic mass is 9.92. The molecule has 0 saturated carbocycles. The molecule has 2 aromatic heterocycles.